The standard InChI is InChI=1S/C8H5BrF2N2O/c9-6-3-4(8(10)11)7(14)5(13-6)1-2-12/h3,8,14H,1H2. The summed E-state index contributed by atoms with van der Waals surface area (Å²) in [4.78, 5) is 3.72. The predicted molar refractivity (Wildman–Crippen MR) is 47.9 cm³/mol. The maximum absolute atomic E-state index is 12.3. The van der Waals surface area contributed by atoms with Gasteiger partial charge in [0.15, 0.2) is 0 Å². The molecule has 1 aromatic heterocycles. The van der Waals surface area contributed by atoms with Crippen molar-refractivity contribution in [3.63, 3.8) is 0 Å². The van der Waals surface area contributed by atoms with Crippen molar-refractivity contribution in [1.29, 1.82) is 5.26 Å². The van der Waals surface area contributed by atoms with Crippen molar-refractivity contribution in [3.8, 4) is 11.8 Å². The van der Waals surface area contributed by atoms with Crippen LogP contribution in [0.25, 0.3) is 0 Å². The molecule has 0 aliphatic carbocycles. The Labute approximate surface area is 87.1 Å². The lowest BCUT2D eigenvalue weighted by atomic mass is 10.2. The third-order valence-electron chi connectivity index (χ3n) is 1.54. The summed E-state index contributed by atoms with van der Waals surface area (Å²) >= 11 is 2.92. The van der Waals surface area contributed by atoms with Crippen molar-refractivity contribution >= 4 is 15.9 Å². The van der Waals surface area contributed by atoms with E-state index in [4.69, 9.17) is 5.26 Å². The highest BCUT2D eigenvalue weighted by Crippen LogP contribution is 2.32. The molecule has 0 saturated heterocycles. The average molecular weight is 263 g/mol. The van der Waals surface area contributed by atoms with Crippen LogP contribution in [-0.2, 0) is 6.42 Å². The van der Waals surface area contributed by atoms with Crippen LogP contribution in [-0.4, -0.2) is 10.1 Å². The monoisotopic (exact) mass is 262 g/mol. The van der Waals surface area contributed by atoms with E-state index < -0.39 is 17.7 Å². The normalized spacial score (nSPS) is 10.2. The van der Waals surface area contributed by atoms with Crippen LogP contribution in [0.15, 0.2) is 10.7 Å². The third kappa shape index (κ3) is 2.17. The Hall–Kier alpha value is -1.22. The molecule has 3 nitrogen and oxygen atoms in total. The molecule has 0 aliphatic rings. The second kappa shape index (κ2) is 4.33. The van der Waals surface area contributed by atoms with Gasteiger partial charge in [-0.25, -0.2) is 13.8 Å². The molecule has 0 atom stereocenters. The first-order valence-corrected chi connectivity index (χ1v) is 4.39. The fraction of sp³-hybridized carbons (Fsp3) is 0.250. The molecule has 1 rings (SSSR count). The van der Waals surface area contributed by atoms with Gasteiger partial charge >= 0.3 is 0 Å². The van der Waals surface area contributed by atoms with Crippen molar-refractivity contribution < 1.29 is 13.9 Å². The number of nitrogens with zero attached hydrogens (tertiary/aromatic N) is 2. The van der Waals surface area contributed by atoms with Gasteiger partial charge in [0.2, 0.25) is 0 Å². The van der Waals surface area contributed by atoms with Crippen molar-refractivity contribution in [2.24, 2.45) is 0 Å². The van der Waals surface area contributed by atoms with E-state index in [1.54, 1.807) is 6.07 Å². The molecule has 1 heterocycles. The van der Waals surface area contributed by atoms with E-state index in [1.165, 1.54) is 0 Å². The molecule has 0 spiro atoms. The number of aromatic nitrogens is 1. The minimum atomic E-state index is -2.79. The van der Waals surface area contributed by atoms with Crippen molar-refractivity contribution in [2.45, 2.75) is 12.8 Å². The highest BCUT2D eigenvalue weighted by atomic mass is 79.9. The number of halogens is 3. The number of aromatic hydroxyl groups is 1. The Morgan fingerprint density at radius 3 is 2.79 bits per heavy atom. The Morgan fingerprint density at radius 2 is 2.29 bits per heavy atom. The summed E-state index contributed by atoms with van der Waals surface area (Å²) < 4.78 is 24.8. The molecular formula is C8H5BrF2N2O. The summed E-state index contributed by atoms with van der Waals surface area (Å²) in [5.74, 6) is -0.607. The minimum Gasteiger partial charge on any atom is -0.505 e. The highest BCUT2D eigenvalue weighted by Gasteiger charge is 2.17. The molecule has 0 amide bonds. The predicted octanol–water partition coefficient (Wildman–Crippen LogP) is 2.55. The minimum absolute atomic E-state index is 0.0443. The molecule has 0 saturated carbocycles. The first-order chi connectivity index (χ1) is 6.56. The Bertz CT molecular complexity index is 390. The maximum Gasteiger partial charge on any atom is 0.267 e. The average Bonchev–Trinajstić information content (AvgIpc) is 2.10. The van der Waals surface area contributed by atoms with Crippen LogP contribution in [0.4, 0.5) is 8.78 Å². The molecule has 74 valence electrons. The number of hydrogen-bond acceptors (Lipinski definition) is 3. The van der Waals surface area contributed by atoms with Gasteiger partial charge in [-0.3, -0.25) is 0 Å². The number of alkyl halides is 2. The smallest absolute Gasteiger partial charge is 0.267 e. The topological polar surface area (TPSA) is 56.9 Å². The van der Waals surface area contributed by atoms with Crippen LogP contribution in [0, 0.1) is 11.3 Å². The van der Waals surface area contributed by atoms with Gasteiger partial charge in [0.05, 0.1) is 23.7 Å². The zero-order valence-corrected chi connectivity index (χ0v) is 8.42. The first-order valence-electron chi connectivity index (χ1n) is 3.59. The van der Waals surface area contributed by atoms with Gasteiger partial charge < -0.3 is 5.11 Å². The van der Waals surface area contributed by atoms with Gasteiger partial charge in [-0.15, -0.1) is 0 Å². The summed E-state index contributed by atoms with van der Waals surface area (Å²) in [6.45, 7) is 0. The molecular weight excluding hydrogens is 258 g/mol. The lowest BCUT2D eigenvalue weighted by Crippen LogP contribution is -1.95. The van der Waals surface area contributed by atoms with Crippen LogP contribution in [0.1, 0.15) is 17.7 Å². The molecule has 14 heavy (non-hydrogen) atoms. The van der Waals surface area contributed by atoms with Gasteiger partial charge in [0.25, 0.3) is 6.43 Å². The Morgan fingerprint density at radius 1 is 1.64 bits per heavy atom. The van der Waals surface area contributed by atoms with E-state index in [9.17, 15) is 13.9 Å². The molecule has 0 radical (unpaired) electrons. The van der Waals surface area contributed by atoms with Gasteiger partial charge in [-0.05, 0) is 22.0 Å². The van der Waals surface area contributed by atoms with Crippen LogP contribution in [0.3, 0.4) is 0 Å². The molecule has 6 heteroatoms. The summed E-state index contributed by atoms with van der Waals surface area (Å²) in [6.07, 6.45) is -2.99. The molecule has 0 aromatic carbocycles. The van der Waals surface area contributed by atoms with Gasteiger partial charge in [-0.2, -0.15) is 5.26 Å². The highest BCUT2D eigenvalue weighted by molar-refractivity contribution is 9.10. The fourth-order valence-corrected chi connectivity index (χ4v) is 1.40. The lowest BCUT2D eigenvalue weighted by Gasteiger charge is -2.06. The molecule has 1 aromatic rings. The van der Waals surface area contributed by atoms with E-state index in [-0.39, 0.29) is 16.7 Å². The molecule has 0 unspecified atom stereocenters. The maximum atomic E-state index is 12.3. The van der Waals surface area contributed by atoms with E-state index in [1.807, 2.05) is 0 Å². The molecule has 0 fully saturated rings. The van der Waals surface area contributed by atoms with Crippen LogP contribution in [0.2, 0.25) is 0 Å². The molecule has 0 bridgehead atoms. The van der Waals surface area contributed by atoms with E-state index in [0.717, 1.165) is 6.07 Å². The SMILES string of the molecule is N#CCc1nc(Br)cc(C(F)F)c1O. The quantitative estimate of drug-likeness (QED) is 0.834. The molecule has 0 aliphatic heterocycles. The zero-order chi connectivity index (χ0) is 10.7. The van der Waals surface area contributed by atoms with Crippen LogP contribution < -0.4 is 0 Å². The second-order valence-corrected chi connectivity index (χ2v) is 3.28. The summed E-state index contributed by atoms with van der Waals surface area (Å²) in [6, 6.07) is 2.76. The van der Waals surface area contributed by atoms with Gasteiger partial charge in [0.1, 0.15) is 10.4 Å². The number of nitriles is 1. The zero-order valence-electron chi connectivity index (χ0n) is 6.84. The fourth-order valence-electron chi connectivity index (χ4n) is 0.942. The van der Waals surface area contributed by atoms with Crippen molar-refractivity contribution in [2.75, 3.05) is 0 Å². The Balaban J connectivity index is 3.26. The third-order valence-corrected chi connectivity index (χ3v) is 1.95. The summed E-state index contributed by atoms with van der Waals surface area (Å²) in [7, 11) is 0. The second-order valence-electron chi connectivity index (χ2n) is 2.47. The number of pyridine rings is 1. The van der Waals surface area contributed by atoms with E-state index in [2.05, 4.69) is 20.9 Å². The molecule has 1 N–H and O–H groups in total. The Kier molecular flexibility index (Phi) is 3.36. The van der Waals surface area contributed by atoms with E-state index in [0.29, 0.717) is 0 Å². The van der Waals surface area contributed by atoms with Crippen molar-refractivity contribution in [1.82, 2.24) is 4.98 Å². The number of rotatable bonds is 2. The van der Waals surface area contributed by atoms with Gasteiger partial charge in [-0.1, -0.05) is 0 Å². The van der Waals surface area contributed by atoms with Crippen molar-refractivity contribution in [3.05, 3.63) is 21.9 Å². The van der Waals surface area contributed by atoms with Gasteiger partial charge in [0, 0.05) is 0 Å². The largest absolute Gasteiger partial charge is 0.505 e. The first kappa shape index (κ1) is 10.9. The summed E-state index contributed by atoms with van der Waals surface area (Å²) in [5.41, 5.74) is -0.561. The van der Waals surface area contributed by atoms with Crippen LogP contribution >= 0.6 is 15.9 Å². The van der Waals surface area contributed by atoms with Crippen LogP contribution in [0.5, 0.6) is 5.75 Å². The van der Waals surface area contributed by atoms with E-state index >= 15 is 0 Å². The lowest BCUT2D eigenvalue weighted by molar-refractivity contribution is 0.147. The number of hydrogen-bond donors (Lipinski definition) is 1. The summed E-state index contributed by atoms with van der Waals surface area (Å²) in [5, 5.41) is 17.7.